The predicted molar refractivity (Wildman–Crippen MR) is 75.6 cm³/mol. The monoisotopic (exact) mass is 294 g/mol. The van der Waals surface area contributed by atoms with Crippen molar-refractivity contribution in [3.63, 3.8) is 0 Å². The minimum atomic E-state index is -0.0854. The summed E-state index contributed by atoms with van der Waals surface area (Å²) in [6.45, 7) is 0.544. The van der Waals surface area contributed by atoms with E-state index in [1.54, 1.807) is 11.3 Å². The van der Waals surface area contributed by atoms with Crippen molar-refractivity contribution < 1.29 is 14.3 Å². The molecule has 1 aliphatic rings. The molecule has 1 saturated carbocycles. The third-order valence-electron chi connectivity index (χ3n) is 3.82. The van der Waals surface area contributed by atoms with Crippen LogP contribution in [-0.2, 0) is 20.9 Å². The summed E-state index contributed by atoms with van der Waals surface area (Å²) in [4.78, 5) is 16.9. The van der Waals surface area contributed by atoms with Crippen LogP contribution in [0.5, 0.6) is 0 Å². The van der Waals surface area contributed by atoms with Gasteiger partial charge in [-0.05, 0) is 25.7 Å². The Hall–Kier alpha value is -1.40. The summed E-state index contributed by atoms with van der Waals surface area (Å²) in [6.07, 6.45) is 7.79. The van der Waals surface area contributed by atoms with Gasteiger partial charge in [-0.25, -0.2) is 4.98 Å². The molecule has 0 unspecified atom stereocenters. The molecular weight excluding hydrogens is 276 g/mol. The Labute approximate surface area is 121 Å². The van der Waals surface area contributed by atoms with Crippen molar-refractivity contribution in [3.05, 3.63) is 23.5 Å². The van der Waals surface area contributed by atoms with Crippen LogP contribution in [0.1, 0.15) is 31.4 Å². The second-order valence-electron chi connectivity index (χ2n) is 5.13. The highest BCUT2D eigenvalue weighted by Crippen LogP contribution is 2.27. The summed E-state index contributed by atoms with van der Waals surface area (Å²) in [7, 11) is 1.45. The summed E-state index contributed by atoms with van der Waals surface area (Å²) >= 11 is 1.62. The van der Waals surface area contributed by atoms with Crippen LogP contribution >= 0.6 is 11.3 Å². The number of hydrogen-bond donors (Lipinski definition) is 0. The molecule has 2 heterocycles. The van der Waals surface area contributed by atoms with Gasteiger partial charge in [0, 0.05) is 17.8 Å². The Morgan fingerprint density at radius 2 is 2.25 bits per heavy atom. The molecule has 3 rings (SSSR count). The van der Waals surface area contributed by atoms with E-state index in [2.05, 4.69) is 4.98 Å². The summed E-state index contributed by atoms with van der Waals surface area (Å²) in [5.74, 6) is -0.0319. The first-order valence-corrected chi connectivity index (χ1v) is 7.74. The molecule has 0 bridgehead atoms. The lowest BCUT2D eigenvalue weighted by Crippen LogP contribution is -2.26. The summed E-state index contributed by atoms with van der Waals surface area (Å²) < 4.78 is 12.7. The Morgan fingerprint density at radius 1 is 1.45 bits per heavy atom. The van der Waals surface area contributed by atoms with E-state index in [0.29, 0.717) is 6.61 Å². The number of rotatable bonds is 4. The van der Waals surface area contributed by atoms with Gasteiger partial charge in [0.1, 0.15) is 0 Å². The number of esters is 1. The number of imidazole rings is 1. The molecular formula is C14H18N2O3S. The molecule has 1 fully saturated rings. The molecule has 2 aromatic rings. The number of hydrogen-bond acceptors (Lipinski definition) is 5. The number of fused-ring (bicyclic) bond motifs is 1. The Balaban J connectivity index is 1.48. The first-order chi connectivity index (χ1) is 9.76. The number of nitrogens with zero attached hydrogens (tertiary/aromatic N) is 2. The van der Waals surface area contributed by atoms with Crippen molar-refractivity contribution in [1.82, 2.24) is 9.38 Å². The lowest BCUT2D eigenvalue weighted by Gasteiger charge is -2.26. The second kappa shape index (κ2) is 5.93. The van der Waals surface area contributed by atoms with Crippen LogP contribution in [0.3, 0.4) is 0 Å². The van der Waals surface area contributed by atoms with Gasteiger partial charge in [0.25, 0.3) is 0 Å². The van der Waals surface area contributed by atoms with Gasteiger partial charge in [0.2, 0.25) is 0 Å². The second-order valence-corrected chi connectivity index (χ2v) is 6.01. The van der Waals surface area contributed by atoms with Crippen molar-refractivity contribution in [2.45, 2.75) is 38.4 Å². The van der Waals surface area contributed by atoms with Gasteiger partial charge >= 0.3 is 5.97 Å². The van der Waals surface area contributed by atoms with Gasteiger partial charge in [-0.1, -0.05) is 0 Å². The summed E-state index contributed by atoms with van der Waals surface area (Å²) in [6, 6.07) is 0. The standard InChI is InChI=1S/C14H18N2O3S/c1-18-13(17)10-2-4-12(5-3-10)19-9-11-8-16-6-7-20-14(16)15-11/h6-8,10,12H,2-5,9H2,1H3. The van der Waals surface area contributed by atoms with E-state index in [9.17, 15) is 4.79 Å². The largest absolute Gasteiger partial charge is 0.469 e. The maximum absolute atomic E-state index is 11.4. The number of aromatic nitrogens is 2. The molecule has 0 saturated heterocycles. The summed E-state index contributed by atoms with van der Waals surface area (Å²) in [5, 5.41) is 2.01. The van der Waals surface area contributed by atoms with Crippen molar-refractivity contribution in [2.24, 2.45) is 5.92 Å². The first kappa shape index (κ1) is 13.6. The third kappa shape index (κ3) is 2.86. The van der Waals surface area contributed by atoms with Crippen LogP contribution in [0, 0.1) is 5.92 Å². The molecule has 0 amide bonds. The molecule has 20 heavy (non-hydrogen) atoms. The van der Waals surface area contributed by atoms with Crippen LogP contribution in [0.2, 0.25) is 0 Å². The quantitative estimate of drug-likeness (QED) is 0.813. The van der Waals surface area contributed by atoms with Crippen molar-refractivity contribution in [3.8, 4) is 0 Å². The van der Waals surface area contributed by atoms with E-state index in [-0.39, 0.29) is 18.0 Å². The molecule has 5 nitrogen and oxygen atoms in total. The molecule has 0 N–H and O–H groups in total. The smallest absolute Gasteiger partial charge is 0.308 e. The zero-order chi connectivity index (χ0) is 13.9. The lowest BCUT2D eigenvalue weighted by atomic mass is 9.87. The minimum Gasteiger partial charge on any atom is -0.469 e. The molecule has 0 aromatic carbocycles. The minimum absolute atomic E-state index is 0.0535. The van der Waals surface area contributed by atoms with Gasteiger partial charge in [-0.15, -0.1) is 11.3 Å². The Kier molecular flexibility index (Phi) is 4.03. The molecule has 1 aliphatic carbocycles. The molecule has 2 aromatic heterocycles. The molecule has 0 aliphatic heterocycles. The maximum Gasteiger partial charge on any atom is 0.308 e. The van der Waals surface area contributed by atoms with Crippen LogP contribution in [-0.4, -0.2) is 28.6 Å². The SMILES string of the molecule is COC(=O)C1CCC(OCc2cn3ccsc3n2)CC1. The van der Waals surface area contributed by atoms with E-state index < -0.39 is 0 Å². The maximum atomic E-state index is 11.4. The van der Waals surface area contributed by atoms with E-state index in [0.717, 1.165) is 36.3 Å². The fraction of sp³-hybridized carbons (Fsp3) is 0.571. The fourth-order valence-electron chi connectivity index (χ4n) is 2.68. The normalized spacial score (nSPS) is 23.1. The van der Waals surface area contributed by atoms with Gasteiger partial charge in [-0.3, -0.25) is 9.20 Å². The van der Waals surface area contributed by atoms with Gasteiger partial charge in [-0.2, -0.15) is 0 Å². The van der Waals surface area contributed by atoms with E-state index >= 15 is 0 Å². The number of thiazole rings is 1. The fourth-order valence-corrected chi connectivity index (χ4v) is 3.40. The average molecular weight is 294 g/mol. The predicted octanol–water partition coefficient (Wildman–Crippen LogP) is 2.64. The van der Waals surface area contributed by atoms with Crippen LogP contribution in [0.15, 0.2) is 17.8 Å². The highest BCUT2D eigenvalue weighted by atomic mass is 32.1. The topological polar surface area (TPSA) is 52.8 Å². The average Bonchev–Trinajstić information content (AvgIpc) is 3.06. The lowest BCUT2D eigenvalue weighted by molar-refractivity contribution is -0.147. The molecule has 0 radical (unpaired) electrons. The van der Waals surface area contributed by atoms with E-state index in [4.69, 9.17) is 9.47 Å². The van der Waals surface area contributed by atoms with Crippen LogP contribution in [0.25, 0.3) is 4.96 Å². The number of carbonyl (C=O) groups is 1. The third-order valence-corrected chi connectivity index (χ3v) is 4.59. The Bertz CT molecular complexity index is 556. The van der Waals surface area contributed by atoms with Crippen molar-refractivity contribution >= 4 is 22.3 Å². The van der Waals surface area contributed by atoms with E-state index in [1.165, 1.54) is 7.11 Å². The molecule has 0 atom stereocenters. The van der Waals surface area contributed by atoms with Crippen LogP contribution < -0.4 is 0 Å². The Morgan fingerprint density at radius 3 is 2.95 bits per heavy atom. The van der Waals surface area contributed by atoms with Crippen molar-refractivity contribution in [2.75, 3.05) is 7.11 Å². The highest BCUT2D eigenvalue weighted by molar-refractivity contribution is 7.15. The number of carbonyl (C=O) groups excluding carboxylic acids is 1. The van der Waals surface area contributed by atoms with Gasteiger partial charge in [0.15, 0.2) is 4.96 Å². The van der Waals surface area contributed by atoms with E-state index in [1.807, 2.05) is 22.2 Å². The molecule has 0 spiro atoms. The summed E-state index contributed by atoms with van der Waals surface area (Å²) in [5.41, 5.74) is 0.965. The van der Waals surface area contributed by atoms with Crippen LogP contribution in [0.4, 0.5) is 0 Å². The molecule has 108 valence electrons. The van der Waals surface area contributed by atoms with Gasteiger partial charge in [0.05, 0.1) is 31.4 Å². The zero-order valence-corrected chi connectivity index (χ0v) is 12.3. The number of methoxy groups -OCH3 is 1. The molecule has 6 heteroatoms. The number of ether oxygens (including phenoxy) is 2. The highest BCUT2D eigenvalue weighted by Gasteiger charge is 2.27. The van der Waals surface area contributed by atoms with Crippen molar-refractivity contribution in [1.29, 1.82) is 0 Å². The first-order valence-electron chi connectivity index (χ1n) is 6.87. The zero-order valence-electron chi connectivity index (χ0n) is 11.4. The van der Waals surface area contributed by atoms with Gasteiger partial charge < -0.3 is 9.47 Å².